The van der Waals surface area contributed by atoms with E-state index >= 15 is 0 Å². The summed E-state index contributed by atoms with van der Waals surface area (Å²) in [4.78, 5) is 0. The highest BCUT2D eigenvalue weighted by Crippen LogP contribution is 2.41. The van der Waals surface area contributed by atoms with E-state index in [1.807, 2.05) is 0 Å². The Labute approximate surface area is 117 Å². The Morgan fingerprint density at radius 3 is 2.63 bits per heavy atom. The van der Waals surface area contributed by atoms with Crippen LogP contribution >= 0.6 is 0 Å². The van der Waals surface area contributed by atoms with Crippen LogP contribution in [0.15, 0.2) is 18.2 Å². The summed E-state index contributed by atoms with van der Waals surface area (Å²) in [6.07, 6.45) is 10.9. The van der Waals surface area contributed by atoms with Crippen molar-refractivity contribution in [3.8, 4) is 0 Å². The second kappa shape index (κ2) is 5.66. The zero-order valence-corrected chi connectivity index (χ0v) is 12.3. The number of rotatable bonds is 5. The van der Waals surface area contributed by atoms with E-state index in [4.69, 9.17) is 0 Å². The van der Waals surface area contributed by atoms with Crippen molar-refractivity contribution in [3.05, 3.63) is 34.9 Å². The van der Waals surface area contributed by atoms with Crippen LogP contribution in [0.5, 0.6) is 0 Å². The molecule has 0 amide bonds. The molecule has 0 bridgehead atoms. The Hall–Kier alpha value is -0.820. The third-order valence-corrected chi connectivity index (χ3v) is 5.16. The van der Waals surface area contributed by atoms with Crippen LogP contribution in [-0.2, 0) is 19.3 Å². The van der Waals surface area contributed by atoms with Crippen LogP contribution in [0.4, 0.5) is 0 Å². The molecule has 1 aromatic carbocycles. The van der Waals surface area contributed by atoms with Gasteiger partial charge in [0.15, 0.2) is 0 Å². The minimum atomic E-state index is 0.544. The Balaban J connectivity index is 1.74. The van der Waals surface area contributed by atoms with E-state index in [1.54, 1.807) is 16.7 Å². The maximum atomic E-state index is 3.60. The molecule has 0 radical (unpaired) electrons. The summed E-state index contributed by atoms with van der Waals surface area (Å²) >= 11 is 0. The molecule has 2 aliphatic carbocycles. The normalized spacial score (nSPS) is 20.7. The van der Waals surface area contributed by atoms with Crippen LogP contribution in [0.25, 0.3) is 0 Å². The minimum absolute atomic E-state index is 0.544. The van der Waals surface area contributed by atoms with Crippen molar-refractivity contribution in [1.82, 2.24) is 5.32 Å². The summed E-state index contributed by atoms with van der Waals surface area (Å²) in [7, 11) is 0. The standard InChI is InChI=1S/C18H27N/c1-2-19-14-18(10-3-4-11-18)13-15-8-9-16-6-5-7-17(16)12-15/h8-9,12,19H,2-7,10-11,13-14H2,1H3. The predicted molar refractivity (Wildman–Crippen MR) is 81.6 cm³/mol. The molecule has 0 aromatic heterocycles. The highest BCUT2D eigenvalue weighted by molar-refractivity contribution is 5.35. The zero-order valence-electron chi connectivity index (χ0n) is 12.3. The molecule has 1 saturated carbocycles. The molecule has 0 saturated heterocycles. The molecule has 104 valence electrons. The Morgan fingerprint density at radius 2 is 1.84 bits per heavy atom. The van der Waals surface area contributed by atoms with Gasteiger partial charge in [-0.25, -0.2) is 0 Å². The van der Waals surface area contributed by atoms with Crippen molar-refractivity contribution in [2.24, 2.45) is 5.41 Å². The zero-order chi connectivity index (χ0) is 13.1. The SMILES string of the molecule is CCNCC1(Cc2ccc3c(c2)CCC3)CCCC1. The van der Waals surface area contributed by atoms with Gasteiger partial charge in [-0.3, -0.25) is 0 Å². The lowest BCUT2D eigenvalue weighted by atomic mass is 9.79. The monoisotopic (exact) mass is 257 g/mol. The molecule has 2 aliphatic rings. The Kier molecular flexibility index (Phi) is 3.93. The molecule has 1 aromatic rings. The fourth-order valence-electron chi connectivity index (χ4n) is 4.10. The first-order chi connectivity index (χ1) is 9.31. The summed E-state index contributed by atoms with van der Waals surface area (Å²) in [6.45, 7) is 4.53. The van der Waals surface area contributed by atoms with E-state index in [2.05, 4.69) is 30.4 Å². The third kappa shape index (κ3) is 2.86. The van der Waals surface area contributed by atoms with Gasteiger partial charge in [0.1, 0.15) is 0 Å². The van der Waals surface area contributed by atoms with Gasteiger partial charge >= 0.3 is 0 Å². The summed E-state index contributed by atoms with van der Waals surface area (Å²) in [5, 5.41) is 3.60. The maximum Gasteiger partial charge on any atom is 0.00109 e. The summed E-state index contributed by atoms with van der Waals surface area (Å²) in [6, 6.07) is 7.30. The first kappa shape index (κ1) is 13.2. The van der Waals surface area contributed by atoms with Gasteiger partial charge in [0.25, 0.3) is 0 Å². The lowest BCUT2D eigenvalue weighted by molar-refractivity contribution is 0.280. The molecule has 0 unspecified atom stereocenters. The van der Waals surface area contributed by atoms with Crippen LogP contribution < -0.4 is 5.32 Å². The van der Waals surface area contributed by atoms with Gasteiger partial charge in [0.2, 0.25) is 0 Å². The first-order valence-electron chi connectivity index (χ1n) is 8.13. The van der Waals surface area contributed by atoms with E-state index in [1.165, 1.54) is 57.9 Å². The van der Waals surface area contributed by atoms with Crippen LogP contribution in [0.2, 0.25) is 0 Å². The molecule has 0 atom stereocenters. The van der Waals surface area contributed by atoms with Gasteiger partial charge in [-0.15, -0.1) is 0 Å². The van der Waals surface area contributed by atoms with E-state index < -0.39 is 0 Å². The topological polar surface area (TPSA) is 12.0 Å². The Bertz CT molecular complexity index is 429. The average Bonchev–Trinajstić information content (AvgIpc) is 3.05. The number of nitrogens with one attached hydrogen (secondary N) is 1. The fourth-order valence-corrected chi connectivity index (χ4v) is 4.10. The van der Waals surface area contributed by atoms with Gasteiger partial charge < -0.3 is 5.32 Å². The van der Waals surface area contributed by atoms with Crippen molar-refractivity contribution in [3.63, 3.8) is 0 Å². The average molecular weight is 257 g/mol. The number of hydrogen-bond donors (Lipinski definition) is 1. The summed E-state index contributed by atoms with van der Waals surface area (Å²) < 4.78 is 0. The molecule has 1 heteroatoms. The molecule has 19 heavy (non-hydrogen) atoms. The molecule has 1 fully saturated rings. The van der Waals surface area contributed by atoms with Crippen LogP contribution in [0.1, 0.15) is 55.7 Å². The molecular weight excluding hydrogens is 230 g/mol. The van der Waals surface area contributed by atoms with Gasteiger partial charge in [0, 0.05) is 6.54 Å². The highest BCUT2D eigenvalue weighted by Gasteiger charge is 2.33. The summed E-state index contributed by atoms with van der Waals surface area (Å²) in [5.74, 6) is 0. The maximum absolute atomic E-state index is 3.60. The predicted octanol–water partition coefficient (Wildman–Crippen LogP) is 3.89. The summed E-state index contributed by atoms with van der Waals surface area (Å²) in [5.41, 5.74) is 5.37. The third-order valence-electron chi connectivity index (χ3n) is 5.16. The van der Waals surface area contributed by atoms with E-state index in [9.17, 15) is 0 Å². The molecule has 0 heterocycles. The van der Waals surface area contributed by atoms with Crippen molar-refractivity contribution >= 4 is 0 Å². The molecular formula is C18H27N. The number of aryl methyl sites for hydroxylation is 2. The van der Waals surface area contributed by atoms with Crippen LogP contribution in [-0.4, -0.2) is 13.1 Å². The van der Waals surface area contributed by atoms with Gasteiger partial charge in [-0.2, -0.15) is 0 Å². The molecule has 1 N–H and O–H groups in total. The van der Waals surface area contributed by atoms with Crippen molar-refractivity contribution in [2.45, 2.75) is 58.3 Å². The smallest absolute Gasteiger partial charge is 0.00109 e. The molecule has 0 aliphatic heterocycles. The van der Waals surface area contributed by atoms with Crippen LogP contribution in [0, 0.1) is 5.41 Å². The molecule has 3 rings (SSSR count). The van der Waals surface area contributed by atoms with Crippen molar-refractivity contribution in [2.75, 3.05) is 13.1 Å². The van der Waals surface area contributed by atoms with E-state index in [0.717, 1.165) is 6.54 Å². The van der Waals surface area contributed by atoms with Gasteiger partial charge in [-0.05, 0) is 67.2 Å². The van der Waals surface area contributed by atoms with E-state index in [-0.39, 0.29) is 0 Å². The van der Waals surface area contributed by atoms with Gasteiger partial charge in [0.05, 0.1) is 0 Å². The van der Waals surface area contributed by atoms with Gasteiger partial charge in [-0.1, -0.05) is 38.0 Å². The minimum Gasteiger partial charge on any atom is -0.316 e. The largest absolute Gasteiger partial charge is 0.316 e. The molecule has 0 spiro atoms. The highest BCUT2D eigenvalue weighted by atomic mass is 14.9. The Morgan fingerprint density at radius 1 is 1.05 bits per heavy atom. The second-order valence-electron chi connectivity index (χ2n) is 6.62. The molecule has 1 nitrogen and oxygen atoms in total. The first-order valence-corrected chi connectivity index (χ1v) is 8.13. The van der Waals surface area contributed by atoms with Crippen LogP contribution in [0.3, 0.4) is 0 Å². The number of benzene rings is 1. The lowest BCUT2D eigenvalue weighted by Crippen LogP contribution is -2.33. The van der Waals surface area contributed by atoms with Crippen molar-refractivity contribution in [1.29, 1.82) is 0 Å². The fraction of sp³-hybridized carbons (Fsp3) is 0.667. The second-order valence-corrected chi connectivity index (χ2v) is 6.62. The number of hydrogen-bond acceptors (Lipinski definition) is 1. The quantitative estimate of drug-likeness (QED) is 0.844. The van der Waals surface area contributed by atoms with Crippen molar-refractivity contribution < 1.29 is 0 Å². The lowest BCUT2D eigenvalue weighted by Gasteiger charge is -2.29. The number of fused-ring (bicyclic) bond motifs is 1. The van der Waals surface area contributed by atoms with E-state index in [0.29, 0.717) is 5.41 Å².